The van der Waals surface area contributed by atoms with Crippen LogP contribution in [0.3, 0.4) is 0 Å². The van der Waals surface area contributed by atoms with Gasteiger partial charge in [0.15, 0.2) is 0 Å². The third-order valence-electron chi connectivity index (χ3n) is 5.32. The zero-order valence-corrected chi connectivity index (χ0v) is 16.9. The third-order valence-corrected chi connectivity index (χ3v) is 5.62. The minimum atomic E-state index is 0.108. The first kappa shape index (κ1) is 19.7. The Morgan fingerprint density at radius 1 is 1.26 bits per heavy atom. The van der Waals surface area contributed by atoms with Crippen molar-refractivity contribution in [3.05, 3.63) is 58.1 Å². The molecule has 3 rings (SSSR count). The Kier molecular flexibility index (Phi) is 6.08. The van der Waals surface area contributed by atoms with Gasteiger partial charge in [-0.1, -0.05) is 29.8 Å². The van der Waals surface area contributed by atoms with Crippen LogP contribution in [0.2, 0.25) is 5.02 Å². The predicted octanol–water partition coefficient (Wildman–Crippen LogP) is 4.42. The summed E-state index contributed by atoms with van der Waals surface area (Å²) in [5.74, 6) is 0.441. The number of benzene rings is 2. The molecule has 1 fully saturated rings. The topological polar surface area (TPSA) is 52.6 Å². The summed E-state index contributed by atoms with van der Waals surface area (Å²) in [5, 5.41) is 13.1. The molecule has 1 atom stereocenters. The van der Waals surface area contributed by atoms with Crippen molar-refractivity contribution in [3.63, 3.8) is 0 Å². The molecular weight excluding hydrogens is 360 g/mol. The van der Waals surface area contributed by atoms with Crippen LogP contribution in [0.25, 0.3) is 0 Å². The molecule has 5 heteroatoms. The summed E-state index contributed by atoms with van der Waals surface area (Å²) in [5.41, 5.74) is 4.36. The normalized spacial score (nSPS) is 15.0. The highest BCUT2D eigenvalue weighted by atomic mass is 35.5. The number of nitrogens with one attached hydrogen (secondary N) is 1. The SMILES string of the molecule is Cc1c(C[C@H](Cc2ccc(O)c(Cl)c2)N(C)C)cccc1NC(=O)C1CC1. The number of nitrogens with zero attached hydrogens (tertiary/aromatic N) is 1. The minimum Gasteiger partial charge on any atom is -0.506 e. The van der Waals surface area contributed by atoms with Crippen molar-refractivity contribution in [2.75, 3.05) is 19.4 Å². The number of aromatic hydroxyl groups is 1. The molecule has 0 radical (unpaired) electrons. The fraction of sp³-hybridized carbons (Fsp3) is 0.409. The van der Waals surface area contributed by atoms with Gasteiger partial charge in [0.1, 0.15) is 5.75 Å². The smallest absolute Gasteiger partial charge is 0.227 e. The van der Waals surface area contributed by atoms with Gasteiger partial charge in [-0.25, -0.2) is 0 Å². The molecule has 144 valence electrons. The maximum absolute atomic E-state index is 12.1. The lowest BCUT2D eigenvalue weighted by atomic mass is 9.94. The molecular formula is C22H27ClN2O2. The minimum absolute atomic E-state index is 0.108. The number of halogens is 1. The number of anilines is 1. The van der Waals surface area contributed by atoms with Crippen LogP contribution < -0.4 is 5.32 Å². The molecule has 2 aromatic carbocycles. The van der Waals surface area contributed by atoms with E-state index in [0.717, 1.165) is 42.5 Å². The Morgan fingerprint density at radius 3 is 2.63 bits per heavy atom. The third kappa shape index (κ3) is 5.02. The van der Waals surface area contributed by atoms with Gasteiger partial charge < -0.3 is 15.3 Å². The van der Waals surface area contributed by atoms with Gasteiger partial charge in [0.2, 0.25) is 5.91 Å². The van der Waals surface area contributed by atoms with Gasteiger partial charge in [-0.3, -0.25) is 4.79 Å². The van der Waals surface area contributed by atoms with E-state index >= 15 is 0 Å². The molecule has 0 aliphatic heterocycles. The summed E-state index contributed by atoms with van der Waals surface area (Å²) in [4.78, 5) is 14.3. The van der Waals surface area contributed by atoms with Crippen molar-refractivity contribution < 1.29 is 9.90 Å². The number of carbonyl (C=O) groups excluding carboxylic acids is 1. The second kappa shape index (κ2) is 8.32. The van der Waals surface area contributed by atoms with E-state index in [1.807, 2.05) is 24.3 Å². The number of rotatable bonds is 7. The average molecular weight is 387 g/mol. The lowest BCUT2D eigenvalue weighted by Gasteiger charge is -2.26. The second-order valence-corrected chi connectivity index (χ2v) is 8.07. The molecule has 2 aromatic rings. The number of phenolic OH excluding ortho intramolecular Hbond substituents is 1. The van der Waals surface area contributed by atoms with Crippen LogP contribution in [-0.2, 0) is 17.6 Å². The zero-order chi connectivity index (χ0) is 19.6. The van der Waals surface area contributed by atoms with Gasteiger partial charge in [-0.2, -0.15) is 0 Å². The van der Waals surface area contributed by atoms with Gasteiger partial charge in [0.25, 0.3) is 0 Å². The van der Waals surface area contributed by atoms with Crippen LogP contribution in [0.1, 0.15) is 29.5 Å². The summed E-state index contributed by atoms with van der Waals surface area (Å²) in [7, 11) is 4.14. The number of amides is 1. The lowest BCUT2D eigenvalue weighted by molar-refractivity contribution is -0.117. The summed E-state index contributed by atoms with van der Waals surface area (Å²) in [6.45, 7) is 2.07. The fourth-order valence-electron chi connectivity index (χ4n) is 3.26. The van der Waals surface area contributed by atoms with Gasteiger partial charge in [-0.15, -0.1) is 0 Å². The zero-order valence-electron chi connectivity index (χ0n) is 16.1. The standard InChI is InChI=1S/C22H27ClN2O2/c1-14-17(5-4-6-20(14)24-22(27)16-8-9-16)13-18(25(2)3)11-15-7-10-21(26)19(23)12-15/h4-7,10,12,16,18,26H,8-9,11,13H2,1-3H3,(H,24,27)/t18-/m0/s1. The summed E-state index contributed by atoms with van der Waals surface area (Å²) >= 11 is 6.06. The van der Waals surface area contributed by atoms with Crippen LogP contribution >= 0.6 is 11.6 Å². The van der Waals surface area contributed by atoms with Gasteiger partial charge in [0, 0.05) is 17.6 Å². The number of hydrogen-bond donors (Lipinski definition) is 2. The maximum atomic E-state index is 12.1. The molecule has 0 spiro atoms. The average Bonchev–Trinajstić information content (AvgIpc) is 3.46. The monoisotopic (exact) mass is 386 g/mol. The molecule has 0 aromatic heterocycles. The Hall–Kier alpha value is -2.04. The van der Waals surface area contributed by atoms with E-state index in [2.05, 4.69) is 37.3 Å². The number of likely N-dealkylation sites (N-methyl/N-ethyl adjacent to an activating group) is 1. The van der Waals surface area contributed by atoms with Gasteiger partial charge >= 0.3 is 0 Å². The molecule has 1 aliphatic carbocycles. The van der Waals surface area contributed by atoms with Gasteiger partial charge in [0.05, 0.1) is 5.02 Å². The van der Waals surface area contributed by atoms with E-state index in [1.165, 1.54) is 5.56 Å². The molecule has 0 saturated heterocycles. The van der Waals surface area contributed by atoms with Crippen molar-refractivity contribution >= 4 is 23.2 Å². The first-order chi connectivity index (χ1) is 12.8. The van der Waals surface area contributed by atoms with E-state index in [9.17, 15) is 9.90 Å². The molecule has 0 heterocycles. The number of carbonyl (C=O) groups is 1. The van der Waals surface area contributed by atoms with Crippen LogP contribution in [0, 0.1) is 12.8 Å². The molecule has 1 aliphatic rings. The predicted molar refractivity (Wildman–Crippen MR) is 111 cm³/mol. The molecule has 2 N–H and O–H groups in total. The Labute approximate surface area is 166 Å². The van der Waals surface area contributed by atoms with E-state index in [-0.39, 0.29) is 23.6 Å². The van der Waals surface area contributed by atoms with E-state index in [4.69, 9.17) is 11.6 Å². The Bertz CT molecular complexity index is 831. The Morgan fingerprint density at radius 2 is 2.00 bits per heavy atom. The van der Waals surface area contributed by atoms with Crippen LogP contribution in [-0.4, -0.2) is 36.1 Å². The number of phenols is 1. The highest BCUT2D eigenvalue weighted by Crippen LogP contribution is 2.31. The van der Waals surface area contributed by atoms with Gasteiger partial charge in [-0.05, 0) is 81.6 Å². The van der Waals surface area contributed by atoms with Crippen molar-refractivity contribution in [2.45, 2.75) is 38.6 Å². The highest BCUT2D eigenvalue weighted by molar-refractivity contribution is 6.32. The van der Waals surface area contributed by atoms with Crippen molar-refractivity contribution in [1.82, 2.24) is 4.90 Å². The molecule has 0 unspecified atom stereocenters. The molecule has 1 saturated carbocycles. The highest BCUT2D eigenvalue weighted by Gasteiger charge is 2.30. The van der Waals surface area contributed by atoms with Crippen molar-refractivity contribution in [2.24, 2.45) is 5.92 Å². The molecule has 4 nitrogen and oxygen atoms in total. The molecule has 0 bridgehead atoms. The van der Waals surface area contributed by atoms with Crippen LogP contribution in [0.5, 0.6) is 5.75 Å². The summed E-state index contributed by atoms with van der Waals surface area (Å²) < 4.78 is 0. The van der Waals surface area contributed by atoms with E-state index < -0.39 is 0 Å². The van der Waals surface area contributed by atoms with E-state index in [0.29, 0.717) is 5.02 Å². The first-order valence-electron chi connectivity index (χ1n) is 9.38. The molecule has 27 heavy (non-hydrogen) atoms. The van der Waals surface area contributed by atoms with E-state index in [1.54, 1.807) is 6.07 Å². The van der Waals surface area contributed by atoms with Crippen LogP contribution in [0.15, 0.2) is 36.4 Å². The van der Waals surface area contributed by atoms with Crippen molar-refractivity contribution in [1.29, 1.82) is 0 Å². The lowest BCUT2D eigenvalue weighted by Crippen LogP contribution is -2.32. The second-order valence-electron chi connectivity index (χ2n) is 7.66. The molecule has 1 amide bonds. The fourth-order valence-corrected chi connectivity index (χ4v) is 3.46. The largest absolute Gasteiger partial charge is 0.506 e. The quantitative estimate of drug-likeness (QED) is 0.740. The summed E-state index contributed by atoms with van der Waals surface area (Å²) in [6.07, 6.45) is 3.69. The van der Waals surface area contributed by atoms with Crippen molar-refractivity contribution in [3.8, 4) is 5.75 Å². The maximum Gasteiger partial charge on any atom is 0.227 e. The first-order valence-corrected chi connectivity index (χ1v) is 9.76. The summed E-state index contributed by atoms with van der Waals surface area (Å²) in [6, 6.07) is 11.8. The number of hydrogen-bond acceptors (Lipinski definition) is 3. The van der Waals surface area contributed by atoms with Crippen LogP contribution in [0.4, 0.5) is 5.69 Å². The Balaban J connectivity index is 1.75.